The number of rotatable bonds is 7. The molecule has 0 aliphatic carbocycles. The number of oxime groups is 1. The van der Waals surface area contributed by atoms with E-state index in [1.807, 2.05) is 48.5 Å². The van der Waals surface area contributed by atoms with E-state index in [4.69, 9.17) is 4.84 Å². The first kappa shape index (κ1) is 16.7. The average Bonchev–Trinajstić information content (AvgIpc) is 3.11. The summed E-state index contributed by atoms with van der Waals surface area (Å²) in [6.07, 6.45) is 0.368. The van der Waals surface area contributed by atoms with E-state index in [9.17, 15) is 5.11 Å². The maximum absolute atomic E-state index is 10.4. The molecule has 0 radical (unpaired) electrons. The van der Waals surface area contributed by atoms with Crippen LogP contribution in [0.5, 0.6) is 0 Å². The van der Waals surface area contributed by atoms with Crippen molar-refractivity contribution in [1.82, 2.24) is 4.90 Å². The zero-order valence-corrected chi connectivity index (χ0v) is 14.0. The lowest BCUT2D eigenvalue weighted by Crippen LogP contribution is -2.35. The predicted molar refractivity (Wildman–Crippen MR) is 96.0 cm³/mol. The second-order valence-corrected chi connectivity index (χ2v) is 6.11. The Morgan fingerprint density at radius 3 is 2.46 bits per heavy atom. The van der Waals surface area contributed by atoms with Crippen LogP contribution in [0.25, 0.3) is 0 Å². The van der Waals surface area contributed by atoms with Crippen LogP contribution in [0.15, 0.2) is 65.8 Å². The largest absolute Gasteiger partial charge is 0.390 e. The van der Waals surface area contributed by atoms with Gasteiger partial charge in [0.1, 0.15) is 6.10 Å². The third-order valence-electron chi connectivity index (χ3n) is 4.36. The molecule has 4 heteroatoms. The van der Waals surface area contributed by atoms with Gasteiger partial charge in [-0.3, -0.25) is 4.90 Å². The van der Waals surface area contributed by atoms with Gasteiger partial charge in [0.15, 0.2) is 0 Å². The molecule has 1 aliphatic heterocycles. The second-order valence-electron chi connectivity index (χ2n) is 6.11. The van der Waals surface area contributed by atoms with E-state index in [-0.39, 0.29) is 6.10 Å². The molecule has 0 amide bonds. The van der Waals surface area contributed by atoms with Crippen molar-refractivity contribution in [2.75, 3.05) is 19.6 Å². The highest BCUT2D eigenvalue weighted by Crippen LogP contribution is 2.19. The molecule has 3 rings (SSSR count). The van der Waals surface area contributed by atoms with Crippen LogP contribution in [0.2, 0.25) is 0 Å². The maximum Gasteiger partial charge on any atom is 0.145 e. The van der Waals surface area contributed by atoms with E-state index in [0.717, 1.165) is 36.3 Å². The normalized spacial score (nSPS) is 18.3. The molecule has 0 saturated carbocycles. The van der Waals surface area contributed by atoms with Crippen LogP contribution in [0.4, 0.5) is 0 Å². The van der Waals surface area contributed by atoms with Gasteiger partial charge in [-0.1, -0.05) is 72.7 Å². The summed E-state index contributed by atoms with van der Waals surface area (Å²) in [5.41, 5.74) is 3.07. The summed E-state index contributed by atoms with van der Waals surface area (Å²) in [4.78, 5) is 7.82. The maximum atomic E-state index is 10.4. The molecule has 2 aromatic carbocycles. The fourth-order valence-corrected chi connectivity index (χ4v) is 2.97. The Hall–Kier alpha value is -2.17. The molecule has 0 bridgehead atoms. The van der Waals surface area contributed by atoms with Crippen molar-refractivity contribution in [3.05, 3.63) is 71.8 Å². The van der Waals surface area contributed by atoms with Crippen LogP contribution in [0, 0.1) is 0 Å². The van der Waals surface area contributed by atoms with Crippen LogP contribution >= 0.6 is 0 Å². The topological polar surface area (TPSA) is 45.1 Å². The Kier molecular flexibility index (Phi) is 5.62. The molecule has 126 valence electrons. The van der Waals surface area contributed by atoms with E-state index < -0.39 is 6.10 Å². The molecule has 0 spiro atoms. The zero-order chi connectivity index (χ0) is 16.8. The van der Waals surface area contributed by atoms with Crippen LogP contribution in [0.1, 0.15) is 30.6 Å². The molecule has 1 N–H and O–H groups in total. The Morgan fingerprint density at radius 2 is 1.79 bits per heavy atom. The molecule has 2 aromatic rings. The van der Waals surface area contributed by atoms with E-state index in [1.165, 1.54) is 0 Å². The van der Waals surface area contributed by atoms with Gasteiger partial charge in [0.05, 0.1) is 11.8 Å². The first-order valence-corrected chi connectivity index (χ1v) is 8.49. The number of hydrogen-bond acceptors (Lipinski definition) is 4. The zero-order valence-electron chi connectivity index (χ0n) is 14.0. The summed E-state index contributed by atoms with van der Waals surface area (Å²) in [6, 6.07) is 19.9. The number of nitrogens with zero attached hydrogens (tertiary/aromatic N) is 2. The molecule has 1 aliphatic rings. The van der Waals surface area contributed by atoms with Gasteiger partial charge in [-0.2, -0.15) is 0 Å². The Bertz CT molecular complexity index is 658. The minimum Gasteiger partial charge on any atom is -0.390 e. The molecule has 2 unspecified atom stereocenters. The third-order valence-corrected chi connectivity index (χ3v) is 4.36. The summed E-state index contributed by atoms with van der Waals surface area (Å²) in [5.74, 6) is 0. The average molecular weight is 324 g/mol. The fraction of sp³-hybridized carbons (Fsp3) is 0.350. The summed E-state index contributed by atoms with van der Waals surface area (Å²) in [7, 11) is 0. The molecule has 4 nitrogen and oxygen atoms in total. The molecule has 0 fully saturated rings. The van der Waals surface area contributed by atoms with Gasteiger partial charge in [-0.15, -0.1) is 0 Å². The van der Waals surface area contributed by atoms with Gasteiger partial charge in [-0.25, -0.2) is 0 Å². The summed E-state index contributed by atoms with van der Waals surface area (Å²) < 4.78 is 0. The van der Waals surface area contributed by atoms with Crippen molar-refractivity contribution in [3.8, 4) is 0 Å². The lowest BCUT2D eigenvalue weighted by molar-refractivity contribution is 0.0366. The van der Waals surface area contributed by atoms with Gasteiger partial charge in [0.2, 0.25) is 0 Å². The van der Waals surface area contributed by atoms with Crippen LogP contribution in [0.3, 0.4) is 0 Å². The lowest BCUT2D eigenvalue weighted by atomic mass is 10.0. The van der Waals surface area contributed by atoms with E-state index >= 15 is 0 Å². The van der Waals surface area contributed by atoms with Crippen LogP contribution in [-0.2, 0) is 4.84 Å². The number of aliphatic hydroxyl groups is 1. The van der Waals surface area contributed by atoms with Crippen LogP contribution in [-0.4, -0.2) is 41.5 Å². The second kappa shape index (κ2) is 8.08. The standard InChI is InChI=1S/C20H24N2O2/c1-2-22(15-20(23)17-11-7-4-8-12-17)14-18-13-19(21-24-18)16-9-5-3-6-10-16/h3-12,18,20,23H,2,13-15H2,1H3. The van der Waals surface area contributed by atoms with Crippen molar-refractivity contribution >= 4 is 5.71 Å². The quantitative estimate of drug-likeness (QED) is 0.850. The van der Waals surface area contributed by atoms with Gasteiger partial charge in [0.25, 0.3) is 0 Å². The minimum atomic E-state index is -0.484. The molecule has 2 atom stereocenters. The molecule has 0 saturated heterocycles. The van der Waals surface area contributed by atoms with Crippen molar-refractivity contribution in [2.45, 2.75) is 25.6 Å². The summed E-state index contributed by atoms with van der Waals surface area (Å²) >= 11 is 0. The number of hydrogen-bond donors (Lipinski definition) is 1. The van der Waals surface area contributed by atoms with Crippen molar-refractivity contribution in [2.24, 2.45) is 5.16 Å². The van der Waals surface area contributed by atoms with Gasteiger partial charge in [-0.05, 0) is 17.7 Å². The highest BCUT2D eigenvalue weighted by atomic mass is 16.6. The first-order valence-electron chi connectivity index (χ1n) is 8.49. The Morgan fingerprint density at radius 1 is 1.12 bits per heavy atom. The molecular weight excluding hydrogens is 300 g/mol. The van der Waals surface area contributed by atoms with E-state index in [1.54, 1.807) is 0 Å². The van der Waals surface area contributed by atoms with Crippen LogP contribution < -0.4 is 0 Å². The predicted octanol–water partition coefficient (Wildman–Crippen LogP) is 3.24. The molecular formula is C20H24N2O2. The van der Waals surface area contributed by atoms with Crippen molar-refractivity contribution < 1.29 is 9.94 Å². The summed E-state index contributed by atoms with van der Waals surface area (Å²) in [6.45, 7) is 4.33. The number of likely N-dealkylation sites (N-methyl/N-ethyl adjacent to an activating group) is 1. The molecule has 0 aromatic heterocycles. The fourth-order valence-electron chi connectivity index (χ4n) is 2.97. The first-order chi connectivity index (χ1) is 11.8. The van der Waals surface area contributed by atoms with E-state index in [2.05, 4.69) is 29.1 Å². The monoisotopic (exact) mass is 324 g/mol. The highest BCUT2D eigenvalue weighted by molar-refractivity contribution is 6.01. The minimum absolute atomic E-state index is 0.0446. The number of benzene rings is 2. The molecule has 24 heavy (non-hydrogen) atoms. The van der Waals surface area contributed by atoms with Gasteiger partial charge in [0, 0.05) is 19.5 Å². The molecule has 1 heterocycles. The Labute approximate surface area is 143 Å². The lowest BCUT2D eigenvalue weighted by Gasteiger charge is -2.25. The van der Waals surface area contributed by atoms with Gasteiger partial charge >= 0.3 is 0 Å². The Balaban J connectivity index is 1.53. The highest BCUT2D eigenvalue weighted by Gasteiger charge is 2.25. The number of aliphatic hydroxyl groups excluding tert-OH is 1. The van der Waals surface area contributed by atoms with Crippen molar-refractivity contribution in [3.63, 3.8) is 0 Å². The smallest absolute Gasteiger partial charge is 0.145 e. The third kappa shape index (κ3) is 4.22. The summed E-state index contributed by atoms with van der Waals surface area (Å²) in [5, 5.41) is 14.7. The van der Waals surface area contributed by atoms with E-state index in [0.29, 0.717) is 6.54 Å². The van der Waals surface area contributed by atoms with Crippen molar-refractivity contribution in [1.29, 1.82) is 0 Å². The van der Waals surface area contributed by atoms with Gasteiger partial charge < -0.3 is 9.94 Å². The SMILES string of the molecule is CCN(CC1CC(c2ccccc2)=NO1)CC(O)c1ccccc1.